The molecule has 1 N–H and O–H groups in total. The number of nitrogens with one attached hydrogen (secondary N) is 1. The van der Waals surface area contributed by atoms with Crippen molar-refractivity contribution in [2.45, 2.75) is 64.7 Å². The maximum Gasteiger partial charge on any atom is 0.255 e. The first-order valence-electron chi connectivity index (χ1n) is 8.03. The molecule has 0 bridgehead atoms. The first-order chi connectivity index (χ1) is 10.9. The molecule has 0 unspecified atom stereocenters. The molecule has 0 saturated carbocycles. The van der Waals surface area contributed by atoms with Gasteiger partial charge in [-0.1, -0.05) is 25.9 Å². The molecule has 2 atom stereocenters. The van der Waals surface area contributed by atoms with E-state index in [9.17, 15) is 0 Å². The lowest BCUT2D eigenvalue weighted by Gasteiger charge is -2.14. The normalized spacial score (nSPS) is 21.9. The third-order valence-corrected chi connectivity index (χ3v) is 5.11. The summed E-state index contributed by atoms with van der Waals surface area (Å²) in [6.07, 6.45) is 2.06. The number of nitrogens with zero attached hydrogens (tertiary/aromatic N) is 3. The Bertz CT molecular complexity index is 647. The second-order valence-electron chi connectivity index (χ2n) is 7.03. The zero-order valence-electron chi connectivity index (χ0n) is 14.1. The Kier molecular flexibility index (Phi) is 4.79. The number of aryl methyl sites for hydroxylation is 1. The van der Waals surface area contributed by atoms with E-state index in [2.05, 4.69) is 41.6 Å². The van der Waals surface area contributed by atoms with Crippen LogP contribution in [0.4, 0.5) is 0 Å². The fourth-order valence-corrected chi connectivity index (χ4v) is 3.48. The van der Waals surface area contributed by atoms with Crippen LogP contribution in [0.15, 0.2) is 9.90 Å². The zero-order chi connectivity index (χ0) is 16.4. The Hall–Kier alpha value is -1.31. The first kappa shape index (κ1) is 16.5. The van der Waals surface area contributed by atoms with Crippen LogP contribution in [0.25, 0.3) is 0 Å². The highest BCUT2D eigenvalue weighted by atomic mass is 32.1. The van der Waals surface area contributed by atoms with Crippen molar-refractivity contribution < 1.29 is 9.26 Å². The second kappa shape index (κ2) is 6.67. The standard InChI is InChI=1S/C16H24N4O2S/c1-10-18-14(22-20-10)13-6-5-12(21-13)8-17-7-11-9-23-15(19-11)16(2,3)4/h9,12-13,17H,5-8H2,1-4H3/t12-,13+/m1/s1. The van der Waals surface area contributed by atoms with E-state index in [-0.39, 0.29) is 17.6 Å². The van der Waals surface area contributed by atoms with Crippen LogP contribution in [0.2, 0.25) is 0 Å². The van der Waals surface area contributed by atoms with Crippen LogP contribution in [-0.4, -0.2) is 27.8 Å². The Morgan fingerprint density at radius 1 is 1.30 bits per heavy atom. The smallest absolute Gasteiger partial charge is 0.255 e. The van der Waals surface area contributed by atoms with Gasteiger partial charge in [0.05, 0.1) is 16.8 Å². The quantitative estimate of drug-likeness (QED) is 0.904. The molecule has 3 rings (SSSR count). The van der Waals surface area contributed by atoms with Gasteiger partial charge in [0.25, 0.3) is 5.89 Å². The highest BCUT2D eigenvalue weighted by Crippen LogP contribution is 2.31. The summed E-state index contributed by atoms with van der Waals surface area (Å²) < 4.78 is 11.2. The predicted octanol–water partition coefficient (Wildman–Crippen LogP) is 3.14. The van der Waals surface area contributed by atoms with Gasteiger partial charge in [0.15, 0.2) is 5.82 Å². The summed E-state index contributed by atoms with van der Waals surface area (Å²) >= 11 is 1.73. The molecule has 126 valence electrons. The number of hydrogen-bond acceptors (Lipinski definition) is 7. The van der Waals surface area contributed by atoms with Crippen molar-refractivity contribution >= 4 is 11.3 Å². The Balaban J connectivity index is 1.44. The van der Waals surface area contributed by atoms with Crippen LogP contribution >= 0.6 is 11.3 Å². The van der Waals surface area contributed by atoms with Crippen molar-refractivity contribution in [3.05, 3.63) is 27.8 Å². The second-order valence-corrected chi connectivity index (χ2v) is 7.89. The van der Waals surface area contributed by atoms with Gasteiger partial charge in [0, 0.05) is 23.9 Å². The topological polar surface area (TPSA) is 73.1 Å². The molecule has 2 aromatic heterocycles. The number of thiazole rings is 1. The van der Waals surface area contributed by atoms with E-state index in [4.69, 9.17) is 14.2 Å². The Morgan fingerprint density at radius 2 is 2.13 bits per heavy atom. The molecule has 6 nitrogen and oxygen atoms in total. The molecule has 0 spiro atoms. The summed E-state index contributed by atoms with van der Waals surface area (Å²) in [5, 5.41) is 10.6. The maximum atomic E-state index is 5.98. The fourth-order valence-electron chi connectivity index (χ4n) is 2.58. The van der Waals surface area contributed by atoms with Crippen molar-refractivity contribution in [2.75, 3.05) is 6.54 Å². The van der Waals surface area contributed by atoms with E-state index in [1.807, 2.05) is 6.92 Å². The zero-order valence-corrected chi connectivity index (χ0v) is 14.9. The van der Waals surface area contributed by atoms with Crippen LogP contribution in [0.1, 0.15) is 62.1 Å². The molecule has 2 aromatic rings. The van der Waals surface area contributed by atoms with Gasteiger partial charge in [0.2, 0.25) is 0 Å². The molecule has 0 aliphatic carbocycles. The minimum Gasteiger partial charge on any atom is -0.364 e. The first-order valence-corrected chi connectivity index (χ1v) is 8.91. The van der Waals surface area contributed by atoms with E-state index in [0.717, 1.165) is 31.6 Å². The lowest BCUT2D eigenvalue weighted by molar-refractivity contribution is 0.0264. The van der Waals surface area contributed by atoms with Gasteiger partial charge in [-0.25, -0.2) is 4.98 Å². The summed E-state index contributed by atoms with van der Waals surface area (Å²) in [6.45, 7) is 9.97. The van der Waals surface area contributed by atoms with Gasteiger partial charge in [-0.05, 0) is 19.8 Å². The molecule has 7 heteroatoms. The molecule has 23 heavy (non-hydrogen) atoms. The summed E-state index contributed by atoms with van der Waals surface area (Å²) in [4.78, 5) is 8.94. The molecule has 1 aliphatic heterocycles. The average Bonchev–Trinajstić information content (AvgIpc) is 3.17. The van der Waals surface area contributed by atoms with Crippen molar-refractivity contribution in [1.29, 1.82) is 0 Å². The largest absolute Gasteiger partial charge is 0.364 e. The van der Waals surface area contributed by atoms with Crippen molar-refractivity contribution in [1.82, 2.24) is 20.4 Å². The Morgan fingerprint density at radius 3 is 2.78 bits per heavy atom. The molecule has 1 fully saturated rings. The van der Waals surface area contributed by atoms with E-state index >= 15 is 0 Å². The van der Waals surface area contributed by atoms with Gasteiger partial charge in [0.1, 0.15) is 6.10 Å². The SMILES string of the molecule is Cc1noc([C@@H]2CC[C@H](CNCc3csc(C(C)(C)C)n3)O2)n1. The molecule has 0 aromatic carbocycles. The minimum atomic E-state index is -0.0604. The molecular weight excluding hydrogens is 312 g/mol. The van der Waals surface area contributed by atoms with Crippen molar-refractivity contribution in [3.8, 4) is 0 Å². The summed E-state index contributed by atoms with van der Waals surface area (Å²) in [5.41, 5.74) is 1.22. The average molecular weight is 336 g/mol. The van der Waals surface area contributed by atoms with E-state index in [0.29, 0.717) is 11.7 Å². The van der Waals surface area contributed by atoms with Gasteiger partial charge in [-0.3, -0.25) is 0 Å². The highest BCUT2D eigenvalue weighted by molar-refractivity contribution is 7.09. The summed E-state index contributed by atoms with van der Waals surface area (Å²) in [6, 6.07) is 0. The predicted molar refractivity (Wildman–Crippen MR) is 88.4 cm³/mol. The summed E-state index contributed by atoms with van der Waals surface area (Å²) in [7, 11) is 0. The number of aromatic nitrogens is 3. The molecule has 0 amide bonds. The van der Waals surface area contributed by atoms with Crippen LogP contribution < -0.4 is 5.32 Å². The highest BCUT2D eigenvalue weighted by Gasteiger charge is 2.30. The lowest BCUT2D eigenvalue weighted by Crippen LogP contribution is -2.26. The number of rotatable bonds is 5. The number of ether oxygens (including phenoxy) is 1. The third-order valence-electron chi connectivity index (χ3n) is 3.80. The van der Waals surface area contributed by atoms with Gasteiger partial charge >= 0.3 is 0 Å². The summed E-state index contributed by atoms with van der Waals surface area (Å²) in [5.74, 6) is 1.25. The third kappa shape index (κ3) is 4.16. The molecular formula is C16H24N4O2S. The Labute approximate surface area is 140 Å². The van der Waals surface area contributed by atoms with Crippen molar-refractivity contribution in [3.63, 3.8) is 0 Å². The van der Waals surface area contributed by atoms with Crippen LogP contribution in [0.3, 0.4) is 0 Å². The van der Waals surface area contributed by atoms with Crippen LogP contribution in [0.5, 0.6) is 0 Å². The monoisotopic (exact) mass is 336 g/mol. The molecule has 0 radical (unpaired) electrons. The van der Waals surface area contributed by atoms with Crippen molar-refractivity contribution in [2.24, 2.45) is 0 Å². The van der Waals surface area contributed by atoms with Gasteiger partial charge < -0.3 is 14.6 Å². The maximum absolute atomic E-state index is 5.98. The van der Waals surface area contributed by atoms with E-state index in [1.165, 1.54) is 5.01 Å². The van der Waals surface area contributed by atoms with Crippen LogP contribution in [-0.2, 0) is 16.7 Å². The molecule has 1 saturated heterocycles. The van der Waals surface area contributed by atoms with Gasteiger partial charge in [-0.15, -0.1) is 11.3 Å². The fraction of sp³-hybridized carbons (Fsp3) is 0.688. The molecule has 3 heterocycles. The minimum absolute atomic E-state index is 0.0604. The van der Waals surface area contributed by atoms with E-state index < -0.39 is 0 Å². The molecule has 1 aliphatic rings. The number of hydrogen-bond donors (Lipinski definition) is 1. The van der Waals surface area contributed by atoms with Crippen LogP contribution in [0, 0.1) is 6.92 Å². The van der Waals surface area contributed by atoms with E-state index in [1.54, 1.807) is 11.3 Å². The lowest BCUT2D eigenvalue weighted by atomic mass is 9.98. The van der Waals surface area contributed by atoms with Gasteiger partial charge in [-0.2, -0.15) is 4.98 Å².